The Morgan fingerprint density at radius 1 is 1.45 bits per heavy atom. The maximum Gasteiger partial charge on any atom is 0.338 e. The van der Waals surface area contributed by atoms with Crippen LogP contribution in [-0.2, 0) is 6.54 Å². The van der Waals surface area contributed by atoms with Gasteiger partial charge >= 0.3 is 5.97 Å². The largest absolute Gasteiger partial charge is 0.478 e. The van der Waals surface area contributed by atoms with Crippen molar-refractivity contribution in [2.24, 2.45) is 0 Å². The Kier molecular flexibility index (Phi) is 4.20. The second kappa shape index (κ2) is 5.88. The quantitative estimate of drug-likeness (QED) is 0.885. The lowest BCUT2D eigenvalue weighted by Crippen LogP contribution is -2.12. The summed E-state index contributed by atoms with van der Waals surface area (Å²) in [6.07, 6.45) is 1.23. The summed E-state index contributed by atoms with van der Waals surface area (Å²) in [6, 6.07) is 7.07. The number of carbonyl (C=O) groups is 1. The van der Waals surface area contributed by atoms with Gasteiger partial charge in [-0.25, -0.2) is 4.79 Å². The highest BCUT2D eigenvalue weighted by molar-refractivity contribution is 6.34. The molecule has 0 amide bonds. The third-order valence-electron chi connectivity index (χ3n) is 2.79. The molecule has 0 aliphatic heterocycles. The number of furan rings is 1. The van der Waals surface area contributed by atoms with Crippen molar-refractivity contribution >= 4 is 28.9 Å². The number of anilines is 2. The molecule has 1 aromatic carbocycles. The first-order valence-electron chi connectivity index (χ1n) is 5.99. The molecule has 1 heterocycles. The van der Waals surface area contributed by atoms with Gasteiger partial charge in [-0.15, -0.1) is 0 Å². The SMILES string of the molecule is CN(C)c1c(Cl)cccc1NCc1cc(C(=O)O)co1. The first kappa shape index (κ1) is 14.3. The van der Waals surface area contributed by atoms with Crippen molar-refractivity contribution in [3.05, 3.63) is 46.9 Å². The minimum Gasteiger partial charge on any atom is -0.478 e. The van der Waals surface area contributed by atoms with Gasteiger partial charge in [-0.1, -0.05) is 17.7 Å². The third kappa shape index (κ3) is 3.05. The molecule has 106 valence electrons. The van der Waals surface area contributed by atoms with Crippen LogP contribution in [0.2, 0.25) is 5.02 Å². The Hall–Kier alpha value is -2.14. The molecule has 0 spiro atoms. The molecular weight excluding hydrogens is 280 g/mol. The van der Waals surface area contributed by atoms with Crippen molar-refractivity contribution in [1.82, 2.24) is 0 Å². The van der Waals surface area contributed by atoms with Crippen LogP contribution in [0.15, 0.2) is 34.9 Å². The van der Waals surface area contributed by atoms with Crippen molar-refractivity contribution in [3.63, 3.8) is 0 Å². The van der Waals surface area contributed by atoms with Crippen molar-refractivity contribution in [2.45, 2.75) is 6.54 Å². The van der Waals surface area contributed by atoms with Gasteiger partial charge in [-0.05, 0) is 18.2 Å². The zero-order valence-corrected chi connectivity index (χ0v) is 11.9. The lowest BCUT2D eigenvalue weighted by Gasteiger charge is -2.19. The number of aromatic carboxylic acids is 1. The molecule has 2 N–H and O–H groups in total. The monoisotopic (exact) mass is 294 g/mol. The first-order valence-corrected chi connectivity index (χ1v) is 6.37. The number of carboxylic acids is 1. The maximum atomic E-state index is 10.8. The minimum absolute atomic E-state index is 0.140. The highest BCUT2D eigenvalue weighted by Gasteiger charge is 2.11. The summed E-state index contributed by atoms with van der Waals surface area (Å²) in [6.45, 7) is 0.383. The third-order valence-corrected chi connectivity index (χ3v) is 3.09. The molecule has 0 saturated carbocycles. The Morgan fingerprint density at radius 2 is 2.20 bits per heavy atom. The summed E-state index contributed by atoms with van der Waals surface area (Å²) in [5.41, 5.74) is 1.87. The number of hydrogen-bond donors (Lipinski definition) is 2. The van der Waals surface area contributed by atoms with E-state index >= 15 is 0 Å². The van der Waals surface area contributed by atoms with Crippen LogP contribution in [0, 0.1) is 0 Å². The average Bonchev–Trinajstić information content (AvgIpc) is 2.84. The Labute approximate surface area is 121 Å². The summed E-state index contributed by atoms with van der Waals surface area (Å²) in [5, 5.41) is 12.7. The molecule has 0 radical (unpaired) electrons. The van der Waals surface area contributed by atoms with E-state index in [2.05, 4.69) is 5.32 Å². The van der Waals surface area contributed by atoms with Crippen LogP contribution in [0.4, 0.5) is 11.4 Å². The molecule has 0 bridgehead atoms. The zero-order chi connectivity index (χ0) is 14.7. The van der Waals surface area contributed by atoms with Gasteiger partial charge in [0.05, 0.1) is 28.5 Å². The van der Waals surface area contributed by atoms with Crippen LogP contribution < -0.4 is 10.2 Å². The number of halogens is 1. The Bertz CT molecular complexity index is 623. The first-order chi connectivity index (χ1) is 9.49. The zero-order valence-electron chi connectivity index (χ0n) is 11.2. The highest BCUT2D eigenvalue weighted by atomic mass is 35.5. The normalized spacial score (nSPS) is 10.3. The second-order valence-corrected chi connectivity index (χ2v) is 4.90. The number of nitrogens with one attached hydrogen (secondary N) is 1. The molecule has 6 heteroatoms. The molecule has 0 atom stereocenters. The van der Waals surface area contributed by atoms with Crippen LogP contribution in [0.1, 0.15) is 16.1 Å². The highest BCUT2D eigenvalue weighted by Crippen LogP contribution is 2.32. The minimum atomic E-state index is -1.00. The van der Waals surface area contributed by atoms with Gasteiger partial charge < -0.3 is 19.7 Å². The summed E-state index contributed by atoms with van der Waals surface area (Å²) in [4.78, 5) is 12.7. The van der Waals surface area contributed by atoms with Crippen molar-refractivity contribution < 1.29 is 14.3 Å². The average molecular weight is 295 g/mol. The van der Waals surface area contributed by atoms with Gasteiger partial charge in [0.15, 0.2) is 0 Å². The van der Waals surface area contributed by atoms with Crippen LogP contribution in [-0.4, -0.2) is 25.2 Å². The molecule has 0 saturated heterocycles. The molecule has 20 heavy (non-hydrogen) atoms. The molecule has 0 aliphatic rings. The number of hydrogen-bond acceptors (Lipinski definition) is 4. The summed E-state index contributed by atoms with van der Waals surface area (Å²) in [5.74, 6) is -0.455. The summed E-state index contributed by atoms with van der Waals surface area (Å²) in [7, 11) is 3.81. The van der Waals surface area contributed by atoms with E-state index in [9.17, 15) is 4.79 Å². The number of rotatable bonds is 5. The summed E-state index contributed by atoms with van der Waals surface area (Å²) < 4.78 is 5.19. The predicted molar refractivity (Wildman–Crippen MR) is 78.8 cm³/mol. The molecule has 1 aromatic heterocycles. The number of para-hydroxylation sites is 1. The van der Waals surface area contributed by atoms with Gasteiger partial charge in [0.1, 0.15) is 12.0 Å². The van der Waals surface area contributed by atoms with Crippen molar-refractivity contribution in [3.8, 4) is 0 Å². The smallest absolute Gasteiger partial charge is 0.338 e. The van der Waals surface area contributed by atoms with Crippen LogP contribution in [0.5, 0.6) is 0 Å². The van der Waals surface area contributed by atoms with E-state index in [1.54, 1.807) is 0 Å². The fourth-order valence-corrected chi connectivity index (χ4v) is 2.22. The van der Waals surface area contributed by atoms with Gasteiger partial charge in [0.2, 0.25) is 0 Å². The fourth-order valence-electron chi connectivity index (χ4n) is 1.88. The predicted octanol–water partition coefficient (Wildman–Crippen LogP) is 3.31. The topological polar surface area (TPSA) is 65.7 Å². The standard InChI is InChI=1S/C14H15ClN2O3/c1-17(2)13-11(15)4-3-5-12(13)16-7-10-6-9(8-20-10)14(18)19/h3-6,8,16H,7H2,1-2H3,(H,18,19). The molecule has 0 unspecified atom stereocenters. The van der Waals surface area contributed by atoms with E-state index in [1.807, 2.05) is 37.2 Å². The van der Waals surface area contributed by atoms with Crippen LogP contribution in [0.3, 0.4) is 0 Å². The van der Waals surface area contributed by atoms with Gasteiger partial charge in [0.25, 0.3) is 0 Å². The lowest BCUT2D eigenvalue weighted by molar-refractivity contribution is 0.0696. The Morgan fingerprint density at radius 3 is 2.80 bits per heavy atom. The van der Waals surface area contributed by atoms with Crippen LogP contribution >= 0.6 is 11.6 Å². The fraction of sp³-hybridized carbons (Fsp3) is 0.214. The molecule has 0 aliphatic carbocycles. The molecule has 5 nitrogen and oxygen atoms in total. The van der Waals surface area contributed by atoms with E-state index in [0.717, 1.165) is 11.4 Å². The number of carboxylic acid groups (broad SMARTS) is 1. The van der Waals surface area contributed by atoms with Gasteiger partial charge in [-0.3, -0.25) is 0 Å². The number of nitrogens with zero attached hydrogens (tertiary/aromatic N) is 1. The van der Waals surface area contributed by atoms with Gasteiger partial charge in [-0.2, -0.15) is 0 Å². The maximum absolute atomic E-state index is 10.8. The molecule has 2 aromatic rings. The van der Waals surface area contributed by atoms with Crippen molar-refractivity contribution in [1.29, 1.82) is 0 Å². The van der Waals surface area contributed by atoms with E-state index in [4.69, 9.17) is 21.1 Å². The lowest BCUT2D eigenvalue weighted by atomic mass is 10.2. The Balaban J connectivity index is 2.14. The van der Waals surface area contributed by atoms with Gasteiger partial charge in [0, 0.05) is 14.1 Å². The molecule has 2 rings (SSSR count). The van der Waals surface area contributed by atoms with Crippen LogP contribution in [0.25, 0.3) is 0 Å². The van der Waals surface area contributed by atoms with E-state index < -0.39 is 5.97 Å². The number of benzene rings is 1. The summed E-state index contributed by atoms with van der Waals surface area (Å²) >= 11 is 6.17. The van der Waals surface area contributed by atoms with E-state index in [-0.39, 0.29) is 5.56 Å². The van der Waals surface area contributed by atoms with E-state index in [0.29, 0.717) is 17.3 Å². The second-order valence-electron chi connectivity index (χ2n) is 4.49. The molecule has 0 fully saturated rings. The van der Waals surface area contributed by atoms with Crippen molar-refractivity contribution in [2.75, 3.05) is 24.3 Å². The van der Waals surface area contributed by atoms with E-state index in [1.165, 1.54) is 12.3 Å². The molecular formula is C14H15ClN2O3.